The quantitative estimate of drug-likeness (QED) is 0.304. The first-order valence-electron chi connectivity index (χ1n) is 9.96. The zero-order valence-electron chi connectivity index (χ0n) is 17.9. The Kier molecular flexibility index (Phi) is 6.72. The number of halogens is 4. The molecule has 0 aliphatic heterocycles. The third-order valence-corrected chi connectivity index (χ3v) is 7.32. The van der Waals surface area contributed by atoms with Crippen molar-refractivity contribution < 1.29 is 26.4 Å². The Balaban J connectivity index is 1.74. The number of hydrogen-bond acceptors (Lipinski definition) is 5. The Labute approximate surface area is 208 Å². The van der Waals surface area contributed by atoms with Crippen LogP contribution in [0.25, 0.3) is 21.7 Å². The number of carbonyl (C=O) groups is 1. The average molecular weight is 537 g/mol. The van der Waals surface area contributed by atoms with Gasteiger partial charge in [-0.25, -0.2) is 13.4 Å². The Hall–Kier alpha value is -3.21. The van der Waals surface area contributed by atoms with Crippen LogP contribution in [0.3, 0.4) is 0 Å². The van der Waals surface area contributed by atoms with E-state index in [2.05, 4.69) is 10.3 Å². The minimum absolute atomic E-state index is 0.0681. The number of rotatable bonds is 5. The van der Waals surface area contributed by atoms with Gasteiger partial charge in [-0.3, -0.25) is 4.79 Å². The first-order chi connectivity index (χ1) is 16.4. The smallest absolute Gasteiger partial charge is 0.322 e. The van der Waals surface area contributed by atoms with Gasteiger partial charge in [0.05, 0.1) is 15.5 Å². The van der Waals surface area contributed by atoms with Crippen LogP contribution >= 0.6 is 22.9 Å². The molecule has 3 aromatic carbocycles. The monoisotopic (exact) mass is 536 g/mol. The molecular weight excluding hydrogens is 521 g/mol. The number of amides is 1. The molecule has 0 unspecified atom stereocenters. The molecule has 0 aliphatic rings. The van der Waals surface area contributed by atoms with E-state index in [1.165, 1.54) is 41.7 Å². The minimum Gasteiger partial charge on any atom is -0.322 e. The van der Waals surface area contributed by atoms with Crippen LogP contribution in [0.15, 0.2) is 77.1 Å². The second kappa shape index (κ2) is 9.44. The fourth-order valence-electron chi connectivity index (χ4n) is 3.35. The Morgan fingerprint density at radius 2 is 1.71 bits per heavy atom. The Morgan fingerprint density at radius 3 is 2.31 bits per heavy atom. The number of hydrogen-bond donors (Lipinski definition) is 1. The van der Waals surface area contributed by atoms with Crippen molar-refractivity contribution in [1.29, 1.82) is 0 Å². The number of thiazole rings is 1. The van der Waals surface area contributed by atoms with Crippen LogP contribution in [-0.4, -0.2) is 25.6 Å². The third-order valence-electron chi connectivity index (χ3n) is 5.07. The molecule has 0 aliphatic carbocycles. The van der Waals surface area contributed by atoms with Gasteiger partial charge in [-0.05, 0) is 59.7 Å². The SMILES string of the molecule is CS(=O)(=O)c1ccc(C(=O)Nc2ccc(Cl)c(-c3nccs3)c2)c(-c2ccc(C(F)(F)F)cc2)c1. The summed E-state index contributed by atoms with van der Waals surface area (Å²) < 4.78 is 63.2. The highest BCUT2D eigenvalue weighted by atomic mass is 35.5. The van der Waals surface area contributed by atoms with Crippen LogP contribution in [0.1, 0.15) is 15.9 Å². The second-order valence-electron chi connectivity index (χ2n) is 7.54. The first kappa shape index (κ1) is 24.9. The third kappa shape index (κ3) is 5.55. The van der Waals surface area contributed by atoms with Gasteiger partial charge in [0.1, 0.15) is 5.01 Å². The normalized spacial score (nSPS) is 11.9. The molecule has 5 nitrogen and oxygen atoms in total. The summed E-state index contributed by atoms with van der Waals surface area (Å²) >= 11 is 7.64. The van der Waals surface area contributed by atoms with E-state index in [1.807, 2.05) is 0 Å². The van der Waals surface area contributed by atoms with Crippen LogP contribution in [0.2, 0.25) is 5.02 Å². The fraction of sp³-hybridized carbons (Fsp3) is 0.0833. The Bertz CT molecular complexity index is 1500. The zero-order chi connectivity index (χ0) is 25.4. The number of aromatic nitrogens is 1. The van der Waals surface area contributed by atoms with Crippen molar-refractivity contribution in [3.05, 3.63) is 88.4 Å². The number of anilines is 1. The van der Waals surface area contributed by atoms with Crippen molar-refractivity contribution in [3.8, 4) is 21.7 Å². The average Bonchev–Trinajstić information content (AvgIpc) is 3.33. The molecule has 0 atom stereocenters. The predicted octanol–water partition coefficient (Wildman–Crippen LogP) is 6.81. The summed E-state index contributed by atoms with van der Waals surface area (Å²) in [6.07, 6.45) is -1.90. The molecule has 180 valence electrons. The summed E-state index contributed by atoms with van der Waals surface area (Å²) in [5.41, 5.74) is 0.691. The van der Waals surface area contributed by atoms with Crippen LogP contribution in [0.4, 0.5) is 18.9 Å². The summed E-state index contributed by atoms with van der Waals surface area (Å²) in [4.78, 5) is 17.3. The Morgan fingerprint density at radius 1 is 1.00 bits per heavy atom. The van der Waals surface area contributed by atoms with Crippen molar-refractivity contribution in [2.45, 2.75) is 11.1 Å². The van der Waals surface area contributed by atoms with Crippen LogP contribution < -0.4 is 5.32 Å². The topological polar surface area (TPSA) is 76.1 Å². The predicted molar refractivity (Wildman–Crippen MR) is 131 cm³/mol. The highest BCUT2D eigenvalue weighted by Crippen LogP contribution is 2.34. The molecule has 1 N–H and O–H groups in total. The van der Waals surface area contributed by atoms with Gasteiger partial charge >= 0.3 is 6.18 Å². The molecular formula is C24H16ClF3N2O3S2. The first-order valence-corrected chi connectivity index (χ1v) is 13.1. The summed E-state index contributed by atoms with van der Waals surface area (Å²) in [5.74, 6) is -0.577. The van der Waals surface area contributed by atoms with Crippen molar-refractivity contribution in [1.82, 2.24) is 4.98 Å². The summed E-state index contributed by atoms with van der Waals surface area (Å²) in [5, 5.41) is 5.64. The van der Waals surface area contributed by atoms with E-state index in [1.54, 1.807) is 29.8 Å². The van der Waals surface area contributed by atoms with Gasteiger partial charge in [-0.1, -0.05) is 23.7 Å². The van der Waals surface area contributed by atoms with Gasteiger partial charge in [-0.15, -0.1) is 11.3 Å². The maximum atomic E-state index is 13.2. The van der Waals surface area contributed by atoms with Gasteiger partial charge in [0, 0.05) is 34.6 Å². The maximum absolute atomic E-state index is 13.2. The van der Waals surface area contributed by atoms with Gasteiger partial charge in [0.25, 0.3) is 5.91 Å². The van der Waals surface area contributed by atoms with Crippen molar-refractivity contribution in [2.24, 2.45) is 0 Å². The van der Waals surface area contributed by atoms with E-state index in [4.69, 9.17) is 11.6 Å². The summed E-state index contributed by atoms with van der Waals surface area (Å²) in [6.45, 7) is 0. The lowest BCUT2D eigenvalue weighted by molar-refractivity contribution is -0.137. The molecule has 0 spiro atoms. The lowest BCUT2D eigenvalue weighted by Crippen LogP contribution is -2.14. The van der Waals surface area contributed by atoms with Gasteiger partial charge in [0.2, 0.25) is 0 Å². The minimum atomic E-state index is -4.53. The second-order valence-corrected chi connectivity index (χ2v) is 10.9. The number of sulfone groups is 1. The molecule has 0 fully saturated rings. The number of carbonyl (C=O) groups excluding carboxylic acids is 1. The molecule has 1 amide bonds. The highest BCUT2D eigenvalue weighted by Gasteiger charge is 2.30. The molecule has 0 saturated heterocycles. The molecule has 1 aromatic heterocycles. The van der Waals surface area contributed by atoms with E-state index in [0.29, 0.717) is 21.3 Å². The zero-order valence-corrected chi connectivity index (χ0v) is 20.3. The number of nitrogens with one attached hydrogen (secondary N) is 1. The van der Waals surface area contributed by atoms with E-state index in [-0.39, 0.29) is 21.6 Å². The van der Waals surface area contributed by atoms with Crippen LogP contribution in [0, 0.1) is 0 Å². The molecule has 4 aromatic rings. The molecule has 1 heterocycles. The molecule has 11 heteroatoms. The van der Waals surface area contributed by atoms with Gasteiger partial charge in [0.15, 0.2) is 9.84 Å². The molecule has 35 heavy (non-hydrogen) atoms. The van der Waals surface area contributed by atoms with Crippen LogP contribution in [0.5, 0.6) is 0 Å². The largest absolute Gasteiger partial charge is 0.416 e. The molecule has 0 saturated carbocycles. The van der Waals surface area contributed by atoms with E-state index >= 15 is 0 Å². The lowest BCUT2D eigenvalue weighted by Gasteiger charge is -2.14. The number of benzene rings is 3. The highest BCUT2D eigenvalue weighted by molar-refractivity contribution is 7.90. The van der Waals surface area contributed by atoms with Crippen molar-refractivity contribution >= 4 is 44.4 Å². The summed E-state index contributed by atoms with van der Waals surface area (Å²) in [7, 11) is -3.63. The van der Waals surface area contributed by atoms with Crippen LogP contribution in [-0.2, 0) is 16.0 Å². The van der Waals surface area contributed by atoms with Gasteiger partial charge < -0.3 is 5.32 Å². The number of alkyl halides is 3. The molecule has 4 rings (SSSR count). The van der Waals surface area contributed by atoms with E-state index in [0.717, 1.165) is 18.4 Å². The van der Waals surface area contributed by atoms with E-state index in [9.17, 15) is 26.4 Å². The van der Waals surface area contributed by atoms with Crippen molar-refractivity contribution in [2.75, 3.05) is 11.6 Å². The van der Waals surface area contributed by atoms with E-state index < -0.39 is 27.5 Å². The summed E-state index contributed by atoms with van der Waals surface area (Å²) in [6, 6.07) is 12.9. The van der Waals surface area contributed by atoms with Gasteiger partial charge in [-0.2, -0.15) is 13.2 Å². The fourth-order valence-corrected chi connectivity index (χ4v) is 4.93. The number of nitrogens with zero attached hydrogens (tertiary/aromatic N) is 1. The molecule has 0 bridgehead atoms. The van der Waals surface area contributed by atoms with Crippen molar-refractivity contribution in [3.63, 3.8) is 0 Å². The molecule has 0 radical (unpaired) electrons. The standard InChI is InChI=1S/C24H16ClF3N2O3S2/c1-35(32,33)17-7-8-18(19(13-17)14-2-4-15(5-3-14)24(26,27)28)22(31)30-16-6-9-21(25)20(12-16)23-29-10-11-34-23/h2-13H,1H3,(H,30,31). The maximum Gasteiger partial charge on any atom is 0.416 e. The lowest BCUT2D eigenvalue weighted by atomic mass is 9.98.